The first kappa shape index (κ1) is 13.5. The topological polar surface area (TPSA) is 56.0 Å². The van der Waals surface area contributed by atoms with Crippen LogP contribution in [0.5, 0.6) is 0 Å². The molecule has 1 aromatic carbocycles. The molecule has 1 aromatic rings. The Morgan fingerprint density at radius 3 is 2.71 bits per heavy atom. The van der Waals surface area contributed by atoms with E-state index in [1.807, 2.05) is 19.9 Å². The first-order valence-electron chi connectivity index (χ1n) is 5.53. The first-order chi connectivity index (χ1) is 7.88. The smallest absolute Gasteiger partial charge is 0.143 e. The molecular weight excluding hydrogens is 219 g/mol. The highest BCUT2D eigenvalue weighted by Crippen LogP contribution is 2.21. The summed E-state index contributed by atoms with van der Waals surface area (Å²) in [6.45, 7) is 5.77. The summed E-state index contributed by atoms with van der Waals surface area (Å²) >= 11 is 0. The fourth-order valence-electron chi connectivity index (χ4n) is 1.26. The zero-order valence-electron chi connectivity index (χ0n) is 10.3. The molecule has 0 saturated heterocycles. The van der Waals surface area contributed by atoms with Crippen LogP contribution in [0.25, 0.3) is 0 Å². The van der Waals surface area contributed by atoms with Gasteiger partial charge in [-0.25, -0.2) is 4.39 Å². The van der Waals surface area contributed by atoms with Crippen LogP contribution in [-0.2, 0) is 0 Å². The molecule has 0 spiro atoms. The fraction of sp³-hybridized carbons (Fsp3) is 0.462. The van der Waals surface area contributed by atoms with Crippen molar-refractivity contribution in [1.29, 1.82) is 5.26 Å². The Hall–Kier alpha value is -1.60. The Morgan fingerprint density at radius 2 is 2.18 bits per heavy atom. The highest BCUT2D eigenvalue weighted by Gasteiger charge is 2.24. The maximum atomic E-state index is 13.3. The van der Waals surface area contributed by atoms with E-state index in [4.69, 9.17) is 5.26 Å². The predicted molar refractivity (Wildman–Crippen MR) is 65.1 cm³/mol. The van der Waals surface area contributed by atoms with E-state index in [0.29, 0.717) is 5.69 Å². The Labute approximate surface area is 101 Å². The molecule has 0 saturated carbocycles. The SMILES string of the molecule is CC(C)[C@@](C)(O)CNc1cccc(F)c1C#N. The minimum Gasteiger partial charge on any atom is -0.388 e. The van der Waals surface area contributed by atoms with Gasteiger partial charge in [0, 0.05) is 6.54 Å². The third-order valence-corrected chi connectivity index (χ3v) is 3.01. The van der Waals surface area contributed by atoms with Crippen molar-refractivity contribution in [2.24, 2.45) is 5.92 Å². The molecule has 2 N–H and O–H groups in total. The van der Waals surface area contributed by atoms with E-state index >= 15 is 0 Å². The second-order valence-electron chi connectivity index (χ2n) is 4.64. The molecule has 0 aliphatic heterocycles. The summed E-state index contributed by atoms with van der Waals surface area (Å²) in [6, 6.07) is 6.20. The van der Waals surface area contributed by atoms with Crippen molar-refractivity contribution in [1.82, 2.24) is 0 Å². The minimum absolute atomic E-state index is 0.0212. The van der Waals surface area contributed by atoms with Gasteiger partial charge in [-0.1, -0.05) is 19.9 Å². The highest BCUT2D eigenvalue weighted by atomic mass is 19.1. The molecule has 0 aliphatic carbocycles. The number of nitrogens with one attached hydrogen (secondary N) is 1. The maximum absolute atomic E-state index is 13.3. The van der Waals surface area contributed by atoms with Crippen LogP contribution < -0.4 is 5.32 Å². The van der Waals surface area contributed by atoms with E-state index < -0.39 is 11.4 Å². The van der Waals surface area contributed by atoms with Crippen LogP contribution in [0.3, 0.4) is 0 Å². The summed E-state index contributed by atoms with van der Waals surface area (Å²) in [5, 5.41) is 21.8. The molecule has 0 bridgehead atoms. The van der Waals surface area contributed by atoms with E-state index in [0.717, 1.165) is 0 Å². The minimum atomic E-state index is -0.904. The average Bonchev–Trinajstić information content (AvgIpc) is 2.26. The Kier molecular flexibility index (Phi) is 4.08. The van der Waals surface area contributed by atoms with Crippen LogP contribution in [0, 0.1) is 23.1 Å². The maximum Gasteiger partial charge on any atom is 0.143 e. The van der Waals surface area contributed by atoms with Crippen LogP contribution in [0.4, 0.5) is 10.1 Å². The van der Waals surface area contributed by atoms with E-state index in [1.165, 1.54) is 12.1 Å². The lowest BCUT2D eigenvalue weighted by molar-refractivity contribution is 0.0266. The van der Waals surface area contributed by atoms with Gasteiger partial charge in [0.05, 0.1) is 11.3 Å². The summed E-state index contributed by atoms with van der Waals surface area (Å²) < 4.78 is 13.3. The summed E-state index contributed by atoms with van der Waals surface area (Å²) in [6.07, 6.45) is 0. The number of halogens is 1. The van der Waals surface area contributed by atoms with E-state index in [-0.39, 0.29) is 18.0 Å². The standard InChI is InChI=1S/C13H17FN2O/c1-9(2)13(3,17)8-16-12-6-4-5-11(14)10(12)7-15/h4-6,9,16-17H,8H2,1-3H3/t13-/m0/s1. The van der Waals surface area contributed by atoms with Gasteiger partial charge in [-0.15, -0.1) is 0 Å². The Balaban J connectivity index is 2.84. The number of hydrogen-bond donors (Lipinski definition) is 2. The summed E-state index contributed by atoms with van der Waals surface area (Å²) in [5.74, 6) is -0.490. The highest BCUT2D eigenvalue weighted by molar-refractivity contribution is 5.58. The van der Waals surface area contributed by atoms with Crippen LogP contribution in [0.1, 0.15) is 26.3 Å². The number of aliphatic hydroxyl groups is 1. The average molecular weight is 236 g/mol. The molecule has 4 heteroatoms. The monoisotopic (exact) mass is 236 g/mol. The van der Waals surface area contributed by atoms with Crippen LogP contribution in [0.2, 0.25) is 0 Å². The van der Waals surface area contributed by atoms with Crippen LogP contribution in [0.15, 0.2) is 18.2 Å². The second kappa shape index (κ2) is 5.15. The third kappa shape index (κ3) is 3.18. The summed E-state index contributed by atoms with van der Waals surface area (Å²) in [7, 11) is 0. The Morgan fingerprint density at radius 1 is 1.53 bits per heavy atom. The van der Waals surface area contributed by atoms with Crippen LogP contribution in [-0.4, -0.2) is 17.3 Å². The Bertz CT molecular complexity index is 436. The molecule has 92 valence electrons. The number of rotatable bonds is 4. The lowest BCUT2D eigenvalue weighted by Crippen LogP contribution is -2.38. The van der Waals surface area contributed by atoms with Gasteiger partial charge in [0.1, 0.15) is 17.4 Å². The number of hydrogen-bond acceptors (Lipinski definition) is 3. The third-order valence-electron chi connectivity index (χ3n) is 3.01. The zero-order chi connectivity index (χ0) is 13.1. The van der Waals surface area contributed by atoms with Gasteiger partial charge in [-0.05, 0) is 25.0 Å². The van der Waals surface area contributed by atoms with E-state index in [1.54, 1.807) is 13.0 Å². The van der Waals surface area contributed by atoms with Gasteiger partial charge in [-0.2, -0.15) is 5.26 Å². The van der Waals surface area contributed by atoms with E-state index in [2.05, 4.69) is 5.32 Å². The van der Waals surface area contributed by atoms with E-state index in [9.17, 15) is 9.50 Å². The van der Waals surface area contributed by atoms with Crippen molar-refractivity contribution in [2.45, 2.75) is 26.4 Å². The largest absolute Gasteiger partial charge is 0.388 e. The molecule has 0 radical (unpaired) electrons. The van der Waals surface area contributed by atoms with Crippen molar-refractivity contribution in [3.05, 3.63) is 29.6 Å². The molecule has 0 aromatic heterocycles. The van der Waals surface area contributed by atoms with Crippen molar-refractivity contribution in [2.75, 3.05) is 11.9 Å². The van der Waals surface area contributed by atoms with Gasteiger partial charge in [-0.3, -0.25) is 0 Å². The quantitative estimate of drug-likeness (QED) is 0.844. The fourth-order valence-corrected chi connectivity index (χ4v) is 1.26. The molecule has 0 aliphatic rings. The lowest BCUT2D eigenvalue weighted by atomic mass is 9.92. The molecule has 1 atom stereocenters. The molecular formula is C13H17FN2O. The molecule has 0 amide bonds. The van der Waals surface area contributed by atoms with Crippen molar-refractivity contribution < 1.29 is 9.50 Å². The molecule has 17 heavy (non-hydrogen) atoms. The number of nitrogens with zero attached hydrogens (tertiary/aromatic N) is 1. The summed E-state index contributed by atoms with van der Waals surface area (Å²) in [5.41, 5.74) is -0.514. The number of anilines is 1. The second-order valence-corrected chi connectivity index (χ2v) is 4.64. The molecule has 0 heterocycles. The normalized spacial score (nSPS) is 14.2. The molecule has 0 unspecified atom stereocenters. The first-order valence-corrected chi connectivity index (χ1v) is 5.53. The number of benzene rings is 1. The van der Waals surface area contributed by atoms with Crippen molar-refractivity contribution >= 4 is 5.69 Å². The lowest BCUT2D eigenvalue weighted by Gasteiger charge is -2.28. The van der Waals surface area contributed by atoms with Crippen molar-refractivity contribution in [3.8, 4) is 6.07 Å². The zero-order valence-corrected chi connectivity index (χ0v) is 10.3. The van der Waals surface area contributed by atoms with Gasteiger partial charge in [0.25, 0.3) is 0 Å². The predicted octanol–water partition coefficient (Wildman–Crippen LogP) is 2.52. The van der Waals surface area contributed by atoms with Gasteiger partial charge < -0.3 is 10.4 Å². The van der Waals surface area contributed by atoms with Gasteiger partial charge >= 0.3 is 0 Å². The number of nitriles is 1. The summed E-state index contributed by atoms with van der Waals surface area (Å²) in [4.78, 5) is 0. The molecule has 3 nitrogen and oxygen atoms in total. The van der Waals surface area contributed by atoms with Crippen molar-refractivity contribution in [3.63, 3.8) is 0 Å². The van der Waals surface area contributed by atoms with Crippen LogP contribution >= 0.6 is 0 Å². The molecule has 0 fully saturated rings. The molecule has 1 rings (SSSR count). The van der Waals surface area contributed by atoms with Gasteiger partial charge in [0.15, 0.2) is 0 Å². The van der Waals surface area contributed by atoms with Gasteiger partial charge in [0.2, 0.25) is 0 Å².